The number of pyridine rings is 1. The van der Waals surface area contributed by atoms with Gasteiger partial charge in [-0.15, -0.1) is 0 Å². The summed E-state index contributed by atoms with van der Waals surface area (Å²) in [5, 5.41) is 9.62. The molecule has 25 heavy (non-hydrogen) atoms. The number of anilines is 1. The number of hydrogen-bond donors (Lipinski definition) is 1. The van der Waals surface area contributed by atoms with Gasteiger partial charge in [-0.1, -0.05) is 6.07 Å². The Kier molecular flexibility index (Phi) is 5.66. The molecule has 132 valence electrons. The van der Waals surface area contributed by atoms with Crippen molar-refractivity contribution in [3.8, 4) is 0 Å². The number of carbonyl (C=O) groups is 1. The Morgan fingerprint density at radius 1 is 1.20 bits per heavy atom. The summed E-state index contributed by atoms with van der Waals surface area (Å²) in [6.07, 6.45) is 3.17. The minimum atomic E-state index is -0.179. The predicted octanol–water partition coefficient (Wildman–Crippen LogP) is 2.71. The first kappa shape index (κ1) is 17.4. The number of nitrogens with zero attached hydrogens (tertiary/aromatic N) is 3. The van der Waals surface area contributed by atoms with Crippen molar-refractivity contribution in [1.29, 1.82) is 0 Å². The number of benzene rings is 1. The fourth-order valence-electron chi connectivity index (χ4n) is 3.14. The lowest BCUT2D eigenvalue weighted by Crippen LogP contribution is -2.35. The standard InChI is InChI=1S/C20H25N3O2/c1-2-22(15-17-5-3-4-12-21-17)20(25)16-6-8-18(9-7-16)23-13-10-19(24)11-14-23/h3-9,12,19,24H,2,10-11,13-15H2,1H3. The SMILES string of the molecule is CCN(Cc1ccccn1)C(=O)c1ccc(N2CCC(O)CC2)cc1. The van der Waals surface area contributed by atoms with Crippen LogP contribution in [0.25, 0.3) is 0 Å². The van der Waals surface area contributed by atoms with Gasteiger partial charge in [-0.3, -0.25) is 9.78 Å². The number of aromatic nitrogens is 1. The number of hydrogen-bond acceptors (Lipinski definition) is 4. The Morgan fingerprint density at radius 2 is 1.92 bits per heavy atom. The molecule has 0 saturated carbocycles. The second-order valence-electron chi connectivity index (χ2n) is 6.41. The van der Waals surface area contributed by atoms with Gasteiger partial charge in [-0.05, 0) is 56.2 Å². The summed E-state index contributed by atoms with van der Waals surface area (Å²) >= 11 is 0. The van der Waals surface area contributed by atoms with E-state index in [4.69, 9.17) is 0 Å². The van der Waals surface area contributed by atoms with Crippen LogP contribution >= 0.6 is 0 Å². The average molecular weight is 339 g/mol. The number of aliphatic hydroxyl groups is 1. The van der Waals surface area contributed by atoms with E-state index in [-0.39, 0.29) is 12.0 Å². The topological polar surface area (TPSA) is 56.7 Å². The van der Waals surface area contributed by atoms with Crippen molar-refractivity contribution in [2.24, 2.45) is 0 Å². The lowest BCUT2D eigenvalue weighted by molar-refractivity contribution is 0.0750. The highest BCUT2D eigenvalue weighted by molar-refractivity contribution is 5.94. The number of amides is 1. The Morgan fingerprint density at radius 3 is 2.52 bits per heavy atom. The summed E-state index contributed by atoms with van der Waals surface area (Å²) in [5.41, 5.74) is 2.69. The van der Waals surface area contributed by atoms with Gasteiger partial charge in [0.2, 0.25) is 0 Å². The van der Waals surface area contributed by atoms with Crippen LogP contribution in [0.2, 0.25) is 0 Å². The van der Waals surface area contributed by atoms with E-state index < -0.39 is 0 Å². The highest BCUT2D eigenvalue weighted by Gasteiger charge is 2.19. The first-order valence-electron chi connectivity index (χ1n) is 8.89. The molecular weight excluding hydrogens is 314 g/mol. The van der Waals surface area contributed by atoms with E-state index in [9.17, 15) is 9.90 Å². The van der Waals surface area contributed by atoms with Crippen molar-refractivity contribution < 1.29 is 9.90 Å². The molecule has 0 aliphatic carbocycles. The maximum absolute atomic E-state index is 12.8. The maximum atomic E-state index is 12.8. The molecule has 1 aliphatic rings. The molecule has 5 heteroatoms. The van der Waals surface area contributed by atoms with Gasteiger partial charge < -0.3 is 14.9 Å². The van der Waals surface area contributed by atoms with Gasteiger partial charge >= 0.3 is 0 Å². The molecule has 1 N–H and O–H groups in total. The second-order valence-corrected chi connectivity index (χ2v) is 6.41. The Hall–Kier alpha value is -2.40. The predicted molar refractivity (Wildman–Crippen MR) is 98.5 cm³/mol. The minimum Gasteiger partial charge on any atom is -0.393 e. The molecule has 2 aromatic rings. The minimum absolute atomic E-state index is 0.0220. The zero-order chi connectivity index (χ0) is 17.6. The normalized spacial score (nSPS) is 15.2. The highest BCUT2D eigenvalue weighted by atomic mass is 16.3. The number of aliphatic hydroxyl groups excluding tert-OH is 1. The number of rotatable bonds is 5. The lowest BCUT2D eigenvalue weighted by Gasteiger charge is -2.31. The van der Waals surface area contributed by atoms with Crippen molar-refractivity contribution in [2.45, 2.75) is 32.4 Å². The molecule has 0 bridgehead atoms. The Balaban J connectivity index is 1.67. The molecule has 1 amide bonds. The van der Waals surface area contributed by atoms with Crippen LogP contribution in [0.3, 0.4) is 0 Å². The fourth-order valence-corrected chi connectivity index (χ4v) is 3.14. The summed E-state index contributed by atoms with van der Waals surface area (Å²) in [5.74, 6) is 0.0220. The third kappa shape index (κ3) is 4.37. The third-order valence-electron chi connectivity index (χ3n) is 4.69. The van der Waals surface area contributed by atoms with Crippen LogP contribution in [0.5, 0.6) is 0 Å². The second kappa shape index (κ2) is 8.12. The molecule has 1 aromatic carbocycles. The molecule has 5 nitrogen and oxygen atoms in total. The quantitative estimate of drug-likeness (QED) is 0.910. The van der Waals surface area contributed by atoms with E-state index in [1.807, 2.05) is 49.4 Å². The van der Waals surface area contributed by atoms with E-state index in [1.165, 1.54) is 0 Å². The van der Waals surface area contributed by atoms with Crippen molar-refractivity contribution in [2.75, 3.05) is 24.5 Å². The summed E-state index contributed by atoms with van der Waals surface area (Å²) in [7, 11) is 0. The molecule has 2 heterocycles. The molecule has 1 saturated heterocycles. The Bertz CT molecular complexity index is 680. The number of carbonyl (C=O) groups excluding carboxylic acids is 1. The fraction of sp³-hybridized carbons (Fsp3) is 0.400. The van der Waals surface area contributed by atoms with Gasteiger partial charge in [-0.2, -0.15) is 0 Å². The Labute approximate surface area is 148 Å². The average Bonchev–Trinajstić information content (AvgIpc) is 2.67. The van der Waals surface area contributed by atoms with Gasteiger partial charge in [0.15, 0.2) is 0 Å². The monoisotopic (exact) mass is 339 g/mol. The zero-order valence-electron chi connectivity index (χ0n) is 14.6. The van der Waals surface area contributed by atoms with Gasteiger partial charge in [-0.25, -0.2) is 0 Å². The van der Waals surface area contributed by atoms with Crippen molar-refractivity contribution in [3.63, 3.8) is 0 Å². The molecule has 0 spiro atoms. The van der Waals surface area contributed by atoms with Crippen molar-refractivity contribution in [1.82, 2.24) is 9.88 Å². The first-order chi connectivity index (χ1) is 12.2. The van der Waals surface area contributed by atoms with E-state index in [2.05, 4.69) is 9.88 Å². The first-order valence-corrected chi connectivity index (χ1v) is 8.89. The molecular formula is C20H25N3O2. The van der Waals surface area contributed by atoms with E-state index in [0.29, 0.717) is 18.7 Å². The van der Waals surface area contributed by atoms with Crippen LogP contribution in [-0.4, -0.2) is 46.6 Å². The molecule has 0 unspecified atom stereocenters. The van der Waals surface area contributed by atoms with Crippen LogP contribution in [0.4, 0.5) is 5.69 Å². The summed E-state index contributed by atoms with van der Waals surface area (Å²) in [4.78, 5) is 21.1. The highest BCUT2D eigenvalue weighted by Crippen LogP contribution is 2.21. The van der Waals surface area contributed by atoms with Crippen molar-refractivity contribution in [3.05, 3.63) is 59.9 Å². The molecule has 1 fully saturated rings. The van der Waals surface area contributed by atoms with Crippen molar-refractivity contribution >= 4 is 11.6 Å². The van der Waals surface area contributed by atoms with Gasteiger partial charge in [0.1, 0.15) is 0 Å². The summed E-state index contributed by atoms with van der Waals surface area (Å²) in [6, 6.07) is 13.5. The van der Waals surface area contributed by atoms with Crippen LogP contribution in [0.15, 0.2) is 48.7 Å². The third-order valence-corrected chi connectivity index (χ3v) is 4.69. The molecule has 0 radical (unpaired) electrons. The molecule has 0 atom stereocenters. The van der Waals surface area contributed by atoms with Crippen LogP contribution < -0.4 is 4.90 Å². The van der Waals surface area contributed by atoms with Crippen LogP contribution in [0.1, 0.15) is 35.8 Å². The zero-order valence-corrected chi connectivity index (χ0v) is 14.6. The van der Waals surface area contributed by atoms with Gasteiger partial charge in [0, 0.05) is 37.1 Å². The lowest BCUT2D eigenvalue weighted by atomic mass is 10.1. The largest absolute Gasteiger partial charge is 0.393 e. The molecule has 1 aromatic heterocycles. The molecule has 3 rings (SSSR count). The van der Waals surface area contributed by atoms with Gasteiger partial charge in [0.25, 0.3) is 5.91 Å². The van der Waals surface area contributed by atoms with Crippen LogP contribution in [0, 0.1) is 0 Å². The van der Waals surface area contributed by atoms with E-state index in [0.717, 1.165) is 37.3 Å². The maximum Gasteiger partial charge on any atom is 0.254 e. The smallest absolute Gasteiger partial charge is 0.254 e. The molecule has 1 aliphatic heterocycles. The summed E-state index contributed by atoms with van der Waals surface area (Å²) < 4.78 is 0. The van der Waals surface area contributed by atoms with E-state index >= 15 is 0 Å². The van der Waals surface area contributed by atoms with E-state index in [1.54, 1.807) is 11.1 Å². The van der Waals surface area contributed by atoms with Gasteiger partial charge in [0.05, 0.1) is 18.3 Å². The number of piperidine rings is 1. The summed E-state index contributed by atoms with van der Waals surface area (Å²) in [6.45, 7) is 4.85. The van der Waals surface area contributed by atoms with Crippen LogP contribution in [-0.2, 0) is 6.54 Å².